The number of benzene rings is 2. The van der Waals surface area contributed by atoms with Crippen LogP contribution in [0.2, 0.25) is 0 Å². The summed E-state index contributed by atoms with van der Waals surface area (Å²) in [6.45, 7) is 4.35. The third-order valence-corrected chi connectivity index (χ3v) is 9.21. The molecule has 0 aliphatic carbocycles. The Morgan fingerprint density at radius 3 is 2.16 bits per heavy atom. The van der Waals surface area contributed by atoms with Gasteiger partial charge in [0.15, 0.2) is 0 Å². The largest absolute Gasteiger partial charge is 0.322 e. The second-order valence-corrected chi connectivity index (χ2v) is 11.9. The summed E-state index contributed by atoms with van der Waals surface area (Å²) in [6.07, 6.45) is 1.65. The molecule has 1 aliphatic heterocycles. The van der Waals surface area contributed by atoms with Gasteiger partial charge in [-0.25, -0.2) is 21.1 Å². The zero-order valence-electron chi connectivity index (χ0n) is 18.0. The number of anilines is 1. The van der Waals surface area contributed by atoms with Gasteiger partial charge in [-0.05, 0) is 62.1 Å². The van der Waals surface area contributed by atoms with Crippen LogP contribution in [-0.2, 0) is 20.0 Å². The predicted molar refractivity (Wildman–Crippen MR) is 119 cm³/mol. The summed E-state index contributed by atoms with van der Waals surface area (Å²) in [5.74, 6) is -0.506. The molecule has 0 aromatic heterocycles. The van der Waals surface area contributed by atoms with E-state index < -0.39 is 26.0 Å². The van der Waals surface area contributed by atoms with Crippen molar-refractivity contribution < 1.29 is 21.6 Å². The van der Waals surface area contributed by atoms with Crippen LogP contribution in [0, 0.1) is 13.8 Å². The molecule has 1 saturated heterocycles. The van der Waals surface area contributed by atoms with E-state index in [2.05, 4.69) is 5.32 Å². The number of rotatable bonds is 6. The number of amides is 1. The highest BCUT2D eigenvalue weighted by molar-refractivity contribution is 7.89. The van der Waals surface area contributed by atoms with Crippen molar-refractivity contribution in [3.05, 3.63) is 53.1 Å². The molecule has 10 heteroatoms. The Labute approximate surface area is 184 Å². The van der Waals surface area contributed by atoms with Crippen LogP contribution >= 0.6 is 0 Å². The van der Waals surface area contributed by atoms with Crippen LogP contribution in [-0.4, -0.2) is 58.5 Å². The lowest BCUT2D eigenvalue weighted by Crippen LogP contribution is -2.28. The van der Waals surface area contributed by atoms with Crippen molar-refractivity contribution >= 4 is 31.6 Å². The minimum atomic E-state index is -3.68. The molecule has 0 saturated carbocycles. The normalized spacial score (nSPS) is 15.4. The number of nitrogens with one attached hydrogen (secondary N) is 1. The van der Waals surface area contributed by atoms with E-state index >= 15 is 0 Å². The molecule has 1 fully saturated rings. The van der Waals surface area contributed by atoms with E-state index in [0.29, 0.717) is 29.9 Å². The van der Waals surface area contributed by atoms with Crippen LogP contribution in [0.4, 0.5) is 5.69 Å². The van der Waals surface area contributed by atoms with Crippen LogP contribution in [0.25, 0.3) is 0 Å². The first-order chi connectivity index (χ1) is 14.4. The van der Waals surface area contributed by atoms with Gasteiger partial charge < -0.3 is 5.32 Å². The lowest BCUT2D eigenvalue weighted by atomic mass is 10.1. The molecule has 8 nitrogen and oxygen atoms in total. The fourth-order valence-corrected chi connectivity index (χ4v) is 6.12. The van der Waals surface area contributed by atoms with Crippen molar-refractivity contribution in [2.45, 2.75) is 36.5 Å². The fourth-order valence-electron chi connectivity index (χ4n) is 3.43. The summed E-state index contributed by atoms with van der Waals surface area (Å²) >= 11 is 0. The molecule has 0 spiro atoms. The molecular formula is C21H27N3O5S2. The molecule has 2 aromatic rings. The number of nitrogens with zero attached hydrogens (tertiary/aromatic N) is 2. The summed E-state index contributed by atoms with van der Waals surface area (Å²) in [7, 11) is -4.45. The van der Waals surface area contributed by atoms with Gasteiger partial charge in [0, 0.05) is 38.4 Å². The van der Waals surface area contributed by atoms with Crippen molar-refractivity contribution in [2.75, 3.05) is 32.5 Å². The minimum absolute atomic E-state index is 0.0740. The van der Waals surface area contributed by atoms with E-state index in [1.165, 1.54) is 36.6 Å². The van der Waals surface area contributed by atoms with Crippen LogP contribution in [0.3, 0.4) is 0 Å². The molecule has 0 bridgehead atoms. The predicted octanol–water partition coefficient (Wildman–Crippen LogP) is 2.59. The van der Waals surface area contributed by atoms with Crippen LogP contribution in [0.1, 0.15) is 34.3 Å². The maximum Gasteiger partial charge on any atom is 0.255 e. The quantitative estimate of drug-likeness (QED) is 0.706. The fraction of sp³-hybridized carbons (Fsp3) is 0.381. The highest BCUT2D eigenvalue weighted by atomic mass is 32.2. The monoisotopic (exact) mass is 465 g/mol. The Hall–Kier alpha value is -2.27. The average Bonchev–Trinajstić information content (AvgIpc) is 3.25. The molecule has 1 N–H and O–H groups in total. The third kappa shape index (κ3) is 4.67. The first-order valence-electron chi connectivity index (χ1n) is 9.90. The Kier molecular flexibility index (Phi) is 6.56. The van der Waals surface area contributed by atoms with Gasteiger partial charge >= 0.3 is 0 Å². The number of hydrogen-bond donors (Lipinski definition) is 1. The van der Waals surface area contributed by atoms with E-state index in [0.717, 1.165) is 17.1 Å². The Bertz CT molecular complexity index is 1220. The van der Waals surface area contributed by atoms with Gasteiger partial charge in [-0.15, -0.1) is 0 Å². The molecule has 31 heavy (non-hydrogen) atoms. The van der Waals surface area contributed by atoms with Crippen molar-refractivity contribution in [1.29, 1.82) is 0 Å². The number of carbonyl (C=O) groups excluding carboxylic acids is 1. The van der Waals surface area contributed by atoms with Crippen LogP contribution in [0.15, 0.2) is 46.2 Å². The molecule has 3 rings (SSSR count). The SMILES string of the molecule is Cc1ccc(S(=O)(=O)N2CCCC2)cc1C(=O)Nc1ccc(C)c(S(=O)(=O)N(C)C)c1. The van der Waals surface area contributed by atoms with E-state index in [9.17, 15) is 21.6 Å². The highest BCUT2D eigenvalue weighted by Gasteiger charge is 2.28. The molecule has 2 aromatic carbocycles. The lowest BCUT2D eigenvalue weighted by Gasteiger charge is -2.17. The van der Waals surface area contributed by atoms with Gasteiger partial charge in [0.1, 0.15) is 0 Å². The molecule has 0 unspecified atom stereocenters. The second-order valence-electron chi connectivity index (χ2n) is 7.81. The van der Waals surface area contributed by atoms with Gasteiger partial charge in [0.25, 0.3) is 5.91 Å². The molecule has 0 radical (unpaired) electrons. The molecule has 1 aliphatic rings. The van der Waals surface area contributed by atoms with Gasteiger partial charge in [-0.2, -0.15) is 4.31 Å². The zero-order chi connectivity index (χ0) is 23.0. The molecule has 0 atom stereocenters. The number of aryl methyl sites for hydroxylation is 2. The first kappa shape index (κ1) is 23.4. The first-order valence-corrected chi connectivity index (χ1v) is 12.8. The Balaban J connectivity index is 1.93. The summed E-state index contributed by atoms with van der Waals surface area (Å²) in [4.78, 5) is 13.1. The van der Waals surface area contributed by atoms with Crippen molar-refractivity contribution in [3.63, 3.8) is 0 Å². The zero-order valence-corrected chi connectivity index (χ0v) is 19.7. The van der Waals surface area contributed by atoms with E-state index in [-0.39, 0.29) is 15.4 Å². The van der Waals surface area contributed by atoms with Crippen LogP contribution < -0.4 is 5.32 Å². The third-order valence-electron chi connectivity index (χ3n) is 5.36. The van der Waals surface area contributed by atoms with Gasteiger partial charge in [-0.3, -0.25) is 4.79 Å². The van der Waals surface area contributed by atoms with E-state index in [1.54, 1.807) is 32.0 Å². The molecular weight excluding hydrogens is 438 g/mol. The van der Waals surface area contributed by atoms with E-state index in [4.69, 9.17) is 0 Å². The average molecular weight is 466 g/mol. The lowest BCUT2D eigenvalue weighted by molar-refractivity contribution is 0.102. The summed E-state index contributed by atoms with van der Waals surface area (Å²) in [5, 5.41) is 2.70. The molecule has 1 amide bonds. The topological polar surface area (TPSA) is 104 Å². The van der Waals surface area contributed by atoms with Crippen LogP contribution in [0.5, 0.6) is 0 Å². The standard InChI is InChI=1S/C21H27N3O5S2/c1-15-8-10-18(30(26,27)24-11-5-6-12-24)14-19(15)21(25)22-17-9-7-16(2)20(13-17)31(28,29)23(3)4/h7-10,13-14H,5-6,11-12H2,1-4H3,(H,22,25). The minimum Gasteiger partial charge on any atom is -0.322 e. The summed E-state index contributed by atoms with van der Waals surface area (Å²) < 4.78 is 53.3. The maximum absolute atomic E-state index is 12.9. The van der Waals surface area contributed by atoms with Crippen molar-refractivity contribution in [3.8, 4) is 0 Å². The van der Waals surface area contributed by atoms with E-state index in [1.807, 2.05) is 0 Å². The van der Waals surface area contributed by atoms with Crippen molar-refractivity contribution in [2.24, 2.45) is 0 Å². The maximum atomic E-state index is 12.9. The molecule has 168 valence electrons. The number of carbonyl (C=O) groups is 1. The Morgan fingerprint density at radius 2 is 1.55 bits per heavy atom. The highest BCUT2D eigenvalue weighted by Crippen LogP contribution is 2.25. The number of sulfonamides is 2. The second kappa shape index (κ2) is 8.70. The molecule has 1 heterocycles. The van der Waals surface area contributed by atoms with Crippen molar-refractivity contribution in [1.82, 2.24) is 8.61 Å². The summed E-state index contributed by atoms with van der Waals surface area (Å²) in [6, 6.07) is 9.13. The smallest absolute Gasteiger partial charge is 0.255 e. The number of hydrogen-bond acceptors (Lipinski definition) is 5. The Morgan fingerprint density at radius 1 is 0.935 bits per heavy atom. The van der Waals surface area contributed by atoms with Gasteiger partial charge in [0.05, 0.1) is 9.79 Å². The van der Waals surface area contributed by atoms with Gasteiger partial charge in [0.2, 0.25) is 20.0 Å². The summed E-state index contributed by atoms with van der Waals surface area (Å²) in [5.41, 5.74) is 1.70. The van der Waals surface area contributed by atoms with Gasteiger partial charge in [-0.1, -0.05) is 12.1 Å².